The Bertz CT molecular complexity index is 777. The third-order valence-electron chi connectivity index (χ3n) is 5.05. The van der Waals surface area contributed by atoms with Gasteiger partial charge in [0.15, 0.2) is 5.66 Å². The van der Waals surface area contributed by atoms with Gasteiger partial charge in [0.25, 0.3) is 5.91 Å². The fourth-order valence-electron chi connectivity index (χ4n) is 3.43. The van der Waals surface area contributed by atoms with Gasteiger partial charge in [-0.15, -0.1) is 12.3 Å². The van der Waals surface area contributed by atoms with E-state index in [1.54, 1.807) is 11.0 Å². The van der Waals surface area contributed by atoms with Gasteiger partial charge in [-0.05, 0) is 38.3 Å². The first-order chi connectivity index (χ1) is 13.0. The van der Waals surface area contributed by atoms with Crippen molar-refractivity contribution in [3.05, 3.63) is 29.6 Å². The largest absolute Gasteiger partial charge is 0.354 e. The van der Waals surface area contributed by atoms with Crippen molar-refractivity contribution >= 4 is 11.8 Å². The summed E-state index contributed by atoms with van der Waals surface area (Å²) in [5.41, 5.74) is 0.763. The summed E-state index contributed by atoms with van der Waals surface area (Å²) >= 11 is 0. The number of carbonyl (C=O) groups is 2. The fourth-order valence-corrected chi connectivity index (χ4v) is 3.43. The summed E-state index contributed by atoms with van der Waals surface area (Å²) in [4.78, 5) is 31.5. The standard InChI is InChI=1S/C20H25N5O2/c1-3-4-11-20(23-24-20)12-13-21-18(26)17-10-5-6-14-25(17)19(27)16-9-7-8-15(2)22-16/h1,7-9,17H,4-6,10-14H2,2H3,(H,21,26). The quantitative estimate of drug-likeness (QED) is 0.751. The van der Waals surface area contributed by atoms with Gasteiger partial charge in [0.2, 0.25) is 5.91 Å². The molecule has 7 nitrogen and oxygen atoms in total. The highest BCUT2D eigenvalue weighted by Gasteiger charge is 2.39. The predicted octanol–water partition coefficient (Wildman–Crippen LogP) is 2.47. The highest BCUT2D eigenvalue weighted by molar-refractivity contribution is 5.96. The minimum Gasteiger partial charge on any atom is -0.354 e. The van der Waals surface area contributed by atoms with E-state index in [4.69, 9.17) is 6.42 Å². The van der Waals surface area contributed by atoms with Gasteiger partial charge >= 0.3 is 0 Å². The number of piperidine rings is 1. The molecule has 2 amide bonds. The van der Waals surface area contributed by atoms with E-state index in [-0.39, 0.29) is 11.8 Å². The van der Waals surface area contributed by atoms with Crippen LogP contribution in [0.25, 0.3) is 0 Å². The zero-order chi connectivity index (χ0) is 19.3. The van der Waals surface area contributed by atoms with Crippen LogP contribution >= 0.6 is 0 Å². The maximum atomic E-state index is 12.9. The molecular weight excluding hydrogens is 342 g/mol. The number of amides is 2. The number of nitrogens with one attached hydrogen (secondary N) is 1. The van der Waals surface area contributed by atoms with Gasteiger partial charge in [0.05, 0.1) is 0 Å². The monoisotopic (exact) mass is 367 g/mol. The second-order valence-electron chi connectivity index (χ2n) is 7.10. The Balaban J connectivity index is 1.57. The van der Waals surface area contributed by atoms with Crippen LogP contribution in [0.5, 0.6) is 0 Å². The van der Waals surface area contributed by atoms with Crippen LogP contribution in [0.4, 0.5) is 0 Å². The molecule has 1 N–H and O–H groups in total. The average molecular weight is 367 g/mol. The van der Waals surface area contributed by atoms with Crippen LogP contribution in [0.1, 0.15) is 54.7 Å². The minimum absolute atomic E-state index is 0.122. The Morgan fingerprint density at radius 1 is 1.33 bits per heavy atom. The first-order valence-corrected chi connectivity index (χ1v) is 9.44. The van der Waals surface area contributed by atoms with Gasteiger partial charge in [-0.25, -0.2) is 4.98 Å². The molecular formula is C20H25N5O2. The van der Waals surface area contributed by atoms with Crippen molar-refractivity contribution in [1.29, 1.82) is 0 Å². The smallest absolute Gasteiger partial charge is 0.273 e. The minimum atomic E-state index is -0.455. The van der Waals surface area contributed by atoms with Gasteiger partial charge in [-0.3, -0.25) is 9.59 Å². The number of nitrogens with zero attached hydrogens (tertiary/aromatic N) is 4. The van der Waals surface area contributed by atoms with Crippen LogP contribution in [-0.2, 0) is 4.79 Å². The topological polar surface area (TPSA) is 87.0 Å². The molecule has 0 bridgehead atoms. The van der Waals surface area contributed by atoms with Gasteiger partial charge < -0.3 is 10.2 Å². The second-order valence-corrected chi connectivity index (χ2v) is 7.10. The normalized spacial score (nSPS) is 20.0. The van der Waals surface area contributed by atoms with E-state index in [1.807, 2.05) is 19.1 Å². The summed E-state index contributed by atoms with van der Waals surface area (Å²) in [5, 5.41) is 11.1. The van der Waals surface area contributed by atoms with E-state index < -0.39 is 11.7 Å². The lowest BCUT2D eigenvalue weighted by molar-refractivity contribution is -0.126. The molecule has 3 rings (SSSR count). The van der Waals surface area contributed by atoms with Crippen molar-refractivity contribution in [2.45, 2.75) is 57.2 Å². The van der Waals surface area contributed by atoms with Gasteiger partial charge in [-0.2, -0.15) is 10.2 Å². The number of pyridine rings is 1. The molecule has 1 atom stereocenters. The second kappa shape index (κ2) is 8.30. The maximum Gasteiger partial charge on any atom is 0.273 e. The SMILES string of the molecule is C#CCCC1(CCNC(=O)C2CCCCN2C(=O)c2cccc(C)n2)N=N1. The van der Waals surface area contributed by atoms with Crippen molar-refractivity contribution < 1.29 is 9.59 Å². The third-order valence-corrected chi connectivity index (χ3v) is 5.05. The average Bonchev–Trinajstić information content (AvgIpc) is 3.45. The zero-order valence-electron chi connectivity index (χ0n) is 15.6. The van der Waals surface area contributed by atoms with Crippen molar-refractivity contribution in [2.24, 2.45) is 10.2 Å². The highest BCUT2D eigenvalue weighted by Crippen LogP contribution is 2.36. The Labute approximate surface area is 159 Å². The molecule has 2 aliphatic rings. The third kappa shape index (κ3) is 4.70. The van der Waals surface area contributed by atoms with Gasteiger partial charge in [0.1, 0.15) is 11.7 Å². The van der Waals surface area contributed by atoms with Gasteiger partial charge in [0, 0.05) is 38.0 Å². The van der Waals surface area contributed by atoms with Crippen molar-refractivity contribution in [3.8, 4) is 12.3 Å². The molecule has 0 radical (unpaired) electrons. The molecule has 1 fully saturated rings. The number of carbonyl (C=O) groups excluding carboxylic acids is 2. The molecule has 142 valence electrons. The lowest BCUT2D eigenvalue weighted by atomic mass is 10.00. The Morgan fingerprint density at radius 2 is 2.15 bits per heavy atom. The number of terminal acetylenes is 1. The number of aromatic nitrogens is 1. The summed E-state index contributed by atoms with van der Waals surface area (Å²) in [5.74, 6) is 2.29. The molecule has 0 aromatic carbocycles. The van der Waals surface area contributed by atoms with Crippen LogP contribution in [0.15, 0.2) is 28.4 Å². The number of rotatable bonds is 7. The molecule has 0 saturated carbocycles. The molecule has 3 heterocycles. The lowest BCUT2D eigenvalue weighted by Crippen LogP contribution is -2.52. The molecule has 1 aromatic rings. The van der Waals surface area contributed by atoms with Crippen LogP contribution < -0.4 is 5.32 Å². The molecule has 1 saturated heterocycles. The van der Waals surface area contributed by atoms with Crippen LogP contribution in [0.3, 0.4) is 0 Å². The summed E-state index contributed by atoms with van der Waals surface area (Å²) in [7, 11) is 0. The Hall–Kier alpha value is -2.75. The van der Waals surface area contributed by atoms with E-state index in [0.29, 0.717) is 44.5 Å². The first kappa shape index (κ1) is 19.0. The number of hydrogen-bond donors (Lipinski definition) is 1. The fraction of sp³-hybridized carbons (Fsp3) is 0.550. The van der Waals surface area contributed by atoms with Crippen LogP contribution in [-0.4, -0.2) is 46.5 Å². The summed E-state index contributed by atoms with van der Waals surface area (Å²) in [6, 6.07) is 4.90. The Morgan fingerprint density at radius 3 is 2.85 bits per heavy atom. The molecule has 1 unspecified atom stereocenters. The lowest BCUT2D eigenvalue weighted by Gasteiger charge is -2.34. The van der Waals surface area contributed by atoms with Crippen LogP contribution in [0, 0.1) is 19.3 Å². The van der Waals surface area contributed by atoms with Crippen molar-refractivity contribution in [3.63, 3.8) is 0 Å². The molecule has 27 heavy (non-hydrogen) atoms. The number of hydrogen-bond acceptors (Lipinski definition) is 5. The highest BCUT2D eigenvalue weighted by atomic mass is 16.2. The van der Waals surface area contributed by atoms with Crippen molar-refractivity contribution in [1.82, 2.24) is 15.2 Å². The van der Waals surface area contributed by atoms with Crippen LogP contribution in [0.2, 0.25) is 0 Å². The number of likely N-dealkylation sites (tertiary alicyclic amines) is 1. The summed E-state index contributed by atoms with van der Waals surface area (Å²) in [6.45, 7) is 2.89. The van der Waals surface area contributed by atoms with Crippen molar-refractivity contribution in [2.75, 3.05) is 13.1 Å². The van der Waals surface area contributed by atoms with E-state index >= 15 is 0 Å². The van der Waals surface area contributed by atoms with Gasteiger partial charge in [-0.1, -0.05) is 6.07 Å². The molecule has 0 aliphatic carbocycles. The summed E-state index contributed by atoms with van der Waals surface area (Å²) < 4.78 is 0. The molecule has 1 aromatic heterocycles. The maximum absolute atomic E-state index is 12.9. The Kier molecular flexibility index (Phi) is 5.84. The van der Waals surface area contributed by atoms with E-state index in [0.717, 1.165) is 18.5 Å². The molecule has 0 spiro atoms. The predicted molar refractivity (Wildman–Crippen MR) is 101 cm³/mol. The molecule has 7 heteroatoms. The van der Waals surface area contributed by atoms with E-state index in [2.05, 4.69) is 26.4 Å². The van der Waals surface area contributed by atoms with E-state index in [1.165, 1.54) is 0 Å². The number of aryl methyl sites for hydroxylation is 1. The first-order valence-electron chi connectivity index (χ1n) is 9.44. The van der Waals surface area contributed by atoms with E-state index in [9.17, 15) is 9.59 Å². The summed E-state index contributed by atoms with van der Waals surface area (Å²) in [6.07, 6.45) is 9.76. The molecule has 2 aliphatic heterocycles. The zero-order valence-corrected chi connectivity index (χ0v) is 15.6.